The number of carboxylic acid groups (broad SMARTS) is 1. The smallest absolute Gasteiger partial charge is 0.320 e. The number of carboxylic acids is 1. The second-order valence-corrected chi connectivity index (χ2v) is 4.67. The molecule has 4 nitrogen and oxygen atoms in total. The fourth-order valence-electron chi connectivity index (χ4n) is 1.90. The topological polar surface area (TPSA) is 63.5 Å². The molecule has 2 atom stereocenters. The summed E-state index contributed by atoms with van der Waals surface area (Å²) in [6.07, 6.45) is 6.63. The molecule has 1 rings (SSSR count). The minimum atomic E-state index is -0.752. The Balaban J connectivity index is 2.29. The molecule has 0 saturated heterocycles. The number of hydrogen-bond donors (Lipinski definition) is 2. The summed E-state index contributed by atoms with van der Waals surface area (Å²) >= 11 is 0. The maximum atomic E-state index is 11.1. The van der Waals surface area contributed by atoms with Crippen molar-refractivity contribution in [2.75, 3.05) is 6.54 Å². The number of pyridine rings is 1. The number of aromatic amines is 1. The zero-order valence-electron chi connectivity index (χ0n) is 11.1. The fraction of sp³-hybridized carbons (Fsp3) is 0.571. The first kappa shape index (κ1) is 14.6. The second kappa shape index (κ2) is 7.82. The van der Waals surface area contributed by atoms with Gasteiger partial charge in [0.1, 0.15) is 6.04 Å². The lowest BCUT2D eigenvalue weighted by atomic mass is 9.99. The summed E-state index contributed by atoms with van der Waals surface area (Å²) in [5.74, 6) is -0.593. The van der Waals surface area contributed by atoms with Gasteiger partial charge in [0.25, 0.3) is 0 Å². The molecule has 1 heterocycles. The van der Waals surface area contributed by atoms with E-state index in [2.05, 4.69) is 16.4 Å². The fourth-order valence-corrected chi connectivity index (χ4v) is 1.90. The largest absolute Gasteiger partial charge is 0.480 e. The van der Waals surface area contributed by atoms with Crippen LogP contribution in [0.4, 0.5) is 0 Å². The highest BCUT2D eigenvalue weighted by molar-refractivity contribution is 5.73. The van der Waals surface area contributed by atoms with Gasteiger partial charge in [0, 0.05) is 11.6 Å². The third-order valence-electron chi connectivity index (χ3n) is 3.26. The second-order valence-electron chi connectivity index (χ2n) is 4.67. The van der Waals surface area contributed by atoms with E-state index < -0.39 is 12.0 Å². The van der Waals surface area contributed by atoms with E-state index in [0.29, 0.717) is 0 Å². The molecule has 0 bridgehead atoms. The number of hydrogen-bond acceptors (Lipinski definition) is 2. The quantitative estimate of drug-likeness (QED) is 0.689. The number of rotatable bonds is 8. The summed E-state index contributed by atoms with van der Waals surface area (Å²) in [6.45, 7) is 4.72. The van der Waals surface area contributed by atoms with Gasteiger partial charge < -0.3 is 10.4 Å². The molecule has 0 fully saturated rings. The predicted molar refractivity (Wildman–Crippen MR) is 70.2 cm³/mol. The molecule has 0 radical (unpaired) electrons. The molecule has 0 aromatic carbocycles. The molecule has 0 amide bonds. The lowest BCUT2D eigenvalue weighted by Crippen LogP contribution is -2.42. The molecule has 100 valence electrons. The Kier molecular flexibility index (Phi) is 6.36. The first-order chi connectivity index (χ1) is 8.65. The molecule has 0 aliphatic rings. The Bertz CT molecular complexity index is 354. The van der Waals surface area contributed by atoms with Crippen molar-refractivity contribution >= 4 is 5.97 Å². The highest BCUT2D eigenvalue weighted by Gasteiger charge is 2.22. The monoisotopic (exact) mass is 251 g/mol. The summed E-state index contributed by atoms with van der Waals surface area (Å²) < 4.78 is 0. The van der Waals surface area contributed by atoms with Crippen LogP contribution >= 0.6 is 0 Å². The number of carbonyl (C=O) groups is 1. The van der Waals surface area contributed by atoms with Gasteiger partial charge in [-0.1, -0.05) is 20.3 Å². The van der Waals surface area contributed by atoms with E-state index in [1.54, 1.807) is 0 Å². The number of nitrogens with one attached hydrogen (secondary N) is 2. The third-order valence-corrected chi connectivity index (χ3v) is 3.26. The van der Waals surface area contributed by atoms with Crippen molar-refractivity contribution < 1.29 is 14.9 Å². The first-order valence-electron chi connectivity index (χ1n) is 6.56. The van der Waals surface area contributed by atoms with Crippen molar-refractivity contribution in [2.24, 2.45) is 5.92 Å². The highest BCUT2D eigenvalue weighted by atomic mass is 16.4. The minimum absolute atomic E-state index is 0.160. The van der Waals surface area contributed by atoms with Gasteiger partial charge in [-0.2, -0.15) is 0 Å². The van der Waals surface area contributed by atoms with Crippen LogP contribution in [0.5, 0.6) is 0 Å². The van der Waals surface area contributed by atoms with Gasteiger partial charge in [-0.05, 0) is 31.4 Å². The van der Waals surface area contributed by atoms with Crippen LogP contribution in [-0.4, -0.2) is 23.7 Å². The molecule has 2 unspecified atom stereocenters. The molecule has 0 aliphatic heterocycles. The van der Waals surface area contributed by atoms with Crippen LogP contribution in [-0.2, 0) is 11.2 Å². The summed E-state index contributed by atoms with van der Waals surface area (Å²) in [7, 11) is 0. The Labute approximate surface area is 108 Å². The van der Waals surface area contributed by atoms with Crippen LogP contribution < -0.4 is 10.3 Å². The number of aliphatic carboxylic acids is 1. The van der Waals surface area contributed by atoms with Gasteiger partial charge in [-0.3, -0.25) is 4.79 Å². The van der Waals surface area contributed by atoms with Crippen LogP contribution in [0.15, 0.2) is 24.5 Å². The average molecular weight is 251 g/mol. The summed E-state index contributed by atoms with van der Waals surface area (Å²) in [6, 6.07) is 3.61. The van der Waals surface area contributed by atoms with Gasteiger partial charge in [0.05, 0.1) is 0 Å². The molecule has 18 heavy (non-hydrogen) atoms. The molecule has 4 heteroatoms. The first-order valence-corrected chi connectivity index (χ1v) is 6.56. The Morgan fingerprint density at radius 3 is 2.89 bits per heavy atom. The van der Waals surface area contributed by atoms with Crippen LogP contribution in [0.25, 0.3) is 0 Å². The van der Waals surface area contributed by atoms with Crippen LogP contribution in [0, 0.1) is 5.92 Å². The molecule has 0 aliphatic carbocycles. The van der Waals surface area contributed by atoms with Gasteiger partial charge in [-0.15, -0.1) is 0 Å². The van der Waals surface area contributed by atoms with Crippen molar-refractivity contribution in [3.05, 3.63) is 30.1 Å². The lowest BCUT2D eigenvalue weighted by molar-refractivity contribution is -0.378. The van der Waals surface area contributed by atoms with Gasteiger partial charge >= 0.3 is 5.97 Å². The van der Waals surface area contributed by atoms with Crippen molar-refractivity contribution in [3.63, 3.8) is 0 Å². The minimum Gasteiger partial charge on any atom is -0.480 e. The average Bonchev–Trinajstić information content (AvgIpc) is 2.38. The molecular weight excluding hydrogens is 228 g/mol. The zero-order valence-corrected chi connectivity index (χ0v) is 11.1. The molecule has 1 aromatic rings. The summed E-state index contributed by atoms with van der Waals surface area (Å²) in [5, 5.41) is 12.3. The lowest BCUT2D eigenvalue weighted by Gasteiger charge is -2.20. The maximum Gasteiger partial charge on any atom is 0.320 e. The summed E-state index contributed by atoms with van der Waals surface area (Å²) in [4.78, 5) is 14.1. The van der Waals surface area contributed by atoms with E-state index in [1.165, 1.54) is 5.56 Å². The van der Waals surface area contributed by atoms with E-state index in [0.717, 1.165) is 25.8 Å². The highest BCUT2D eigenvalue weighted by Crippen LogP contribution is 2.08. The van der Waals surface area contributed by atoms with Gasteiger partial charge in [0.15, 0.2) is 12.4 Å². The van der Waals surface area contributed by atoms with E-state index in [1.807, 2.05) is 32.3 Å². The molecular formula is C14H23N2O2+. The standard InChI is InChI=1S/C14H22N2O2/c1-3-11(2)13(14(17)18)16-9-5-7-12-6-4-8-15-10-12/h4,6,8,10-11,13,16H,3,5,7,9H2,1-2H3,(H,17,18)/p+1. The van der Waals surface area contributed by atoms with Crippen molar-refractivity contribution in [2.45, 2.75) is 39.2 Å². The van der Waals surface area contributed by atoms with Gasteiger partial charge in [-0.25, -0.2) is 4.98 Å². The van der Waals surface area contributed by atoms with E-state index in [9.17, 15) is 4.79 Å². The Morgan fingerprint density at radius 2 is 2.33 bits per heavy atom. The third kappa shape index (κ3) is 4.84. The van der Waals surface area contributed by atoms with Crippen molar-refractivity contribution in [3.8, 4) is 0 Å². The zero-order chi connectivity index (χ0) is 13.4. The van der Waals surface area contributed by atoms with Crippen LogP contribution in [0.1, 0.15) is 32.3 Å². The maximum absolute atomic E-state index is 11.1. The van der Waals surface area contributed by atoms with Crippen LogP contribution in [0.2, 0.25) is 0 Å². The normalized spacial score (nSPS) is 14.1. The molecule has 0 saturated carbocycles. The Hall–Kier alpha value is -1.42. The number of H-pyrrole nitrogens is 1. The number of aromatic nitrogens is 1. The molecule has 1 aromatic heterocycles. The van der Waals surface area contributed by atoms with E-state index >= 15 is 0 Å². The van der Waals surface area contributed by atoms with E-state index in [4.69, 9.17) is 5.11 Å². The molecule has 3 N–H and O–H groups in total. The predicted octanol–water partition coefficient (Wildman–Crippen LogP) is 1.52. The van der Waals surface area contributed by atoms with Gasteiger partial charge in [0.2, 0.25) is 0 Å². The van der Waals surface area contributed by atoms with E-state index in [-0.39, 0.29) is 5.92 Å². The number of aryl methyl sites for hydroxylation is 1. The SMILES string of the molecule is CCC(C)C(NCCCc1ccc[nH+]c1)C(=O)O. The molecule has 0 spiro atoms. The summed E-state index contributed by atoms with van der Waals surface area (Å²) in [5.41, 5.74) is 1.25. The Morgan fingerprint density at radius 1 is 1.56 bits per heavy atom. The van der Waals surface area contributed by atoms with Crippen LogP contribution in [0.3, 0.4) is 0 Å². The van der Waals surface area contributed by atoms with Crippen molar-refractivity contribution in [1.82, 2.24) is 5.32 Å². The van der Waals surface area contributed by atoms with Crippen molar-refractivity contribution in [1.29, 1.82) is 0 Å².